The minimum absolute atomic E-state index is 0.184. The number of benzene rings is 2. The zero-order valence-corrected chi connectivity index (χ0v) is 14.8. The molecular weight excluding hydrogens is 369 g/mol. The van der Waals surface area contributed by atoms with Crippen LogP contribution in [0.15, 0.2) is 60.8 Å². The molecule has 1 aliphatic heterocycles. The van der Waals surface area contributed by atoms with Crippen LogP contribution in [0, 0.1) is 0 Å². The minimum Gasteiger partial charge on any atom is -0.406 e. The van der Waals surface area contributed by atoms with Gasteiger partial charge in [-0.25, -0.2) is 4.98 Å². The van der Waals surface area contributed by atoms with Crippen molar-refractivity contribution in [3.8, 4) is 5.75 Å². The highest BCUT2D eigenvalue weighted by atomic mass is 19.4. The van der Waals surface area contributed by atoms with Crippen LogP contribution in [-0.4, -0.2) is 22.9 Å². The van der Waals surface area contributed by atoms with Crippen molar-refractivity contribution in [2.45, 2.75) is 19.3 Å². The summed E-state index contributed by atoms with van der Waals surface area (Å²) in [6.07, 6.45) is -2.39. The third-order valence-corrected chi connectivity index (χ3v) is 4.42. The lowest BCUT2D eigenvalue weighted by Gasteiger charge is -2.30. The molecule has 1 N–H and O–H groups in total. The topological polar surface area (TPSA) is 50.3 Å². The van der Waals surface area contributed by atoms with E-state index in [4.69, 9.17) is 0 Å². The standard InChI is InChI=1S/C20H17F3N4O/c21-20(22,23)28-17-7-6-15-13-27(11-9-14(15)12-17)18-8-10-24-19(26-18)25-16-4-2-1-3-5-16/h1-8,10,12H,9,11,13H2,(H,24,25,26). The maximum Gasteiger partial charge on any atom is 0.573 e. The Morgan fingerprint density at radius 3 is 2.61 bits per heavy atom. The molecule has 0 atom stereocenters. The predicted octanol–water partition coefficient (Wildman–Crippen LogP) is 4.68. The monoisotopic (exact) mass is 386 g/mol. The van der Waals surface area contributed by atoms with E-state index in [9.17, 15) is 13.2 Å². The van der Waals surface area contributed by atoms with Crippen LogP contribution in [0.4, 0.5) is 30.6 Å². The number of nitrogens with one attached hydrogen (secondary N) is 1. The van der Waals surface area contributed by atoms with E-state index in [0.29, 0.717) is 25.5 Å². The fourth-order valence-corrected chi connectivity index (χ4v) is 3.16. The highest BCUT2D eigenvalue weighted by molar-refractivity contribution is 5.55. The molecule has 0 aliphatic carbocycles. The second kappa shape index (κ2) is 7.38. The van der Waals surface area contributed by atoms with Gasteiger partial charge in [0.1, 0.15) is 11.6 Å². The van der Waals surface area contributed by atoms with Crippen molar-refractivity contribution in [1.29, 1.82) is 0 Å². The molecule has 2 heterocycles. The fourth-order valence-electron chi connectivity index (χ4n) is 3.16. The van der Waals surface area contributed by atoms with Crippen LogP contribution in [-0.2, 0) is 13.0 Å². The molecule has 0 fully saturated rings. The second-order valence-electron chi connectivity index (χ2n) is 6.38. The van der Waals surface area contributed by atoms with Crippen LogP contribution in [0.3, 0.4) is 0 Å². The first-order valence-corrected chi connectivity index (χ1v) is 8.74. The van der Waals surface area contributed by atoms with Crippen LogP contribution in [0.5, 0.6) is 5.75 Å². The van der Waals surface area contributed by atoms with Gasteiger partial charge >= 0.3 is 6.36 Å². The predicted molar refractivity (Wildman–Crippen MR) is 99.6 cm³/mol. The van der Waals surface area contributed by atoms with Gasteiger partial charge < -0.3 is 15.0 Å². The summed E-state index contributed by atoms with van der Waals surface area (Å²) in [6, 6.07) is 15.9. The van der Waals surface area contributed by atoms with Crippen molar-refractivity contribution >= 4 is 17.5 Å². The van der Waals surface area contributed by atoms with Gasteiger partial charge in [0.25, 0.3) is 0 Å². The van der Waals surface area contributed by atoms with Gasteiger partial charge in [-0.3, -0.25) is 0 Å². The molecule has 28 heavy (non-hydrogen) atoms. The molecule has 3 aromatic rings. The van der Waals surface area contributed by atoms with Gasteiger partial charge in [-0.05, 0) is 47.9 Å². The van der Waals surface area contributed by atoms with Crippen molar-refractivity contribution in [3.63, 3.8) is 0 Å². The number of ether oxygens (including phenoxy) is 1. The number of fused-ring (bicyclic) bond motifs is 1. The lowest BCUT2D eigenvalue weighted by molar-refractivity contribution is -0.274. The molecule has 0 amide bonds. The first kappa shape index (κ1) is 18.1. The number of hydrogen-bond acceptors (Lipinski definition) is 5. The van der Waals surface area contributed by atoms with E-state index in [0.717, 1.165) is 22.6 Å². The van der Waals surface area contributed by atoms with Crippen LogP contribution in [0.1, 0.15) is 11.1 Å². The van der Waals surface area contributed by atoms with Crippen molar-refractivity contribution in [2.75, 3.05) is 16.8 Å². The Morgan fingerprint density at radius 1 is 1.00 bits per heavy atom. The smallest absolute Gasteiger partial charge is 0.406 e. The van der Waals surface area contributed by atoms with Gasteiger partial charge in [0, 0.05) is 25.0 Å². The lowest BCUT2D eigenvalue weighted by atomic mass is 9.99. The second-order valence-corrected chi connectivity index (χ2v) is 6.38. The van der Waals surface area contributed by atoms with E-state index < -0.39 is 6.36 Å². The first-order chi connectivity index (χ1) is 13.5. The van der Waals surface area contributed by atoms with Crippen LogP contribution >= 0.6 is 0 Å². The van der Waals surface area contributed by atoms with Gasteiger partial charge in [0.2, 0.25) is 5.95 Å². The summed E-state index contributed by atoms with van der Waals surface area (Å²) in [5.41, 5.74) is 2.70. The van der Waals surface area contributed by atoms with Crippen LogP contribution in [0.2, 0.25) is 0 Å². The Morgan fingerprint density at radius 2 is 1.82 bits per heavy atom. The van der Waals surface area contributed by atoms with E-state index in [1.807, 2.05) is 36.4 Å². The lowest BCUT2D eigenvalue weighted by Crippen LogP contribution is -2.31. The molecule has 5 nitrogen and oxygen atoms in total. The molecule has 144 valence electrons. The van der Waals surface area contributed by atoms with Crippen LogP contribution < -0.4 is 15.0 Å². The number of alkyl halides is 3. The van der Waals surface area contributed by atoms with E-state index in [1.165, 1.54) is 12.1 Å². The summed E-state index contributed by atoms with van der Waals surface area (Å²) in [5.74, 6) is 1.06. The molecule has 8 heteroatoms. The Labute approximate surface area is 159 Å². The van der Waals surface area contributed by atoms with E-state index in [2.05, 4.69) is 24.9 Å². The fraction of sp³-hybridized carbons (Fsp3) is 0.200. The van der Waals surface area contributed by atoms with E-state index in [-0.39, 0.29) is 5.75 Å². The van der Waals surface area contributed by atoms with Gasteiger partial charge in [0.15, 0.2) is 0 Å². The summed E-state index contributed by atoms with van der Waals surface area (Å²) in [6.45, 7) is 1.20. The number of halogens is 3. The molecule has 0 spiro atoms. The maximum atomic E-state index is 12.4. The average Bonchev–Trinajstić information content (AvgIpc) is 2.67. The van der Waals surface area contributed by atoms with E-state index in [1.54, 1.807) is 12.3 Å². The largest absolute Gasteiger partial charge is 0.573 e. The minimum atomic E-state index is -4.68. The van der Waals surface area contributed by atoms with E-state index >= 15 is 0 Å². The molecule has 0 saturated heterocycles. The molecule has 4 rings (SSSR count). The molecule has 0 unspecified atom stereocenters. The zero-order chi connectivity index (χ0) is 19.6. The van der Waals surface area contributed by atoms with Crippen molar-refractivity contribution in [2.24, 2.45) is 0 Å². The Balaban J connectivity index is 1.49. The third-order valence-electron chi connectivity index (χ3n) is 4.42. The van der Waals surface area contributed by atoms with Crippen molar-refractivity contribution in [1.82, 2.24) is 9.97 Å². The number of rotatable bonds is 4. The Hall–Kier alpha value is -3.29. The molecule has 0 saturated carbocycles. The Bertz CT molecular complexity index is 963. The average molecular weight is 386 g/mol. The molecule has 0 radical (unpaired) electrons. The summed E-state index contributed by atoms with van der Waals surface area (Å²) in [5, 5.41) is 3.16. The molecule has 1 aromatic heterocycles. The molecular formula is C20H17F3N4O. The van der Waals surface area contributed by atoms with Crippen molar-refractivity contribution in [3.05, 3.63) is 71.9 Å². The molecule has 2 aromatic carbocycles. The number of hydrogen-bond donors (Lipinski definition) is 1. The van der Waals surface area contributed by atoms with Gasteiger partial charge in [-0.2, -0.15) is 4.98 Å². The number of nitrogens with zero attached hydrogens (tertiary/aromatic N) is 3. The molecule has 0 bridgehead atoms. The van der Waals surface area contributed by atoms with Gasteiger partial charge in [-0.15, -0.1) is 13.2 Å². The Kier molecular flexibility index (Phi) is 4.77. The van der Waals surface area contributed by atoms with Gasteiger partial charge in [0.05, 0.1) is 0 Å². The molecule has 1 aliphatic rings. The summed E-state index contributed by atoms with van der Waals surface area (Å²) in [4.78, 5) is 10.9. The highest BCUT2D eigenvalue weighted by Gasteiger charge is 2.31. The summed E-state index contributed by atoms with van der Waals surface area (Å²) in [7, 11) is 0. The number of anilines is 3. The normalized spacial score (nSPS) is 13.8. The third kappa shape index (κ3) is 4.33. The quantitative estimate of drug-likeness (QED) is 0.706. The van der Waals surface area contributed by atoms with Crippen LogP contribution in [0.25, 0.3) is 0 Å². The number of aromatic nitrogens is 2. The highest BCUT2D eigenvalue weighted by Crippen LogP contribution is 2.29. The first-order valence-electron chi connectivity index (χ1n) is 8.74. The summed E-state index contributed by atoms with van der Waals surface area (Å²) >= 11 is 0. The van der Waals surface area contributed by atoms with Crippen molar-refractivity contribution < 1.29 is 17.9 Å². The summed E-state index contributed by atoms with van der Waals surface area (Å²) < 4.78 is 41.2. The SMILES string of the molecule is FC(F)(F)Oc1ccc2c(c1)CCN(c1ccnc(Nc3ccccc3)n1)C2. The number of para-hydroxylation sites is 1. The van der Waals surface area contributed by atoms with Gasteiger partial charge in [-0.1, -0.05) is 24.3 Å². The zero-order valence-electron chi connectivity index (χ0n) is 14.8. The maximum absolute atomic E-state index is 12.4.